The van der Waals surface area contributed by atoms with Gasteiger partial charge in [0.1, 0.15) is 5.54 Å². The van der Waals surface area contributed by atoms with E-state index in [9.17, 15) is 14.7 Å². The molecule has 2 N–H and O–H groups in total. The molecular weight excluding hydrogens is 278 g/mol. The van der Waals surface area contributed by atoms with Crippen molar-refractivity contribution in [2.45, 2.75) is 32.2 Å². The van der Waals surface area contributed by atoms with E-state index in [4.69, 9.17) is 0 Å². The number of nitrogens with one attached hydrogen (secondary N) is 1. The van der Waals surface area contributed by atoms with Gasteiger partial charge in [-0.25, -0.2) is 4.79 Å². The molecule has 0 aromatic carbocycles. The quantitative estimate of drug-likeness (QED) is 0.853. The molecule has 1 unspecified atom stereocenters. The fourth-order valence-electron chi connectivity index (χ4n) is 2.43. The molecule has 1 aliphatic heterocycles. The van der Waals surface area contributed by atoms with Crippen molar-refractivity contribution < 1.29 is 14.7 Å². The molecule has 1 aliphatic rings. The highest BCUT2D eigenvalue weighted by molar-refractivity contribution is 7.99. The molecule has 0 saturated carbocycles. The molecule has 1 atom stereocenters. The van der Waals surface area contributed by atoms with Gasteiger partial charge in [0, 0.05) is 24.1 Å². The molecule has 0 aliphatic carbocycles. The standard InChI is InChI=1S/C13H19N3O3S/c1-8-10(9(2)16(3)15-8)6-11(17)14-13(12(18)19)4-5-20-7-13/h4-7H2,1-3H3,(H,14,17)(H,18,19). The van der Waals surface area contributed by atoms with Crippen molar-refractivity contribution in [2.24, 2.45) is 7.05 Å². The zero-order valence-corrected chi connectivity index (χ0v) is 12.7. The molecule has 0 spiro atoms. The van der Waals surface area contributed by atoms with E-state index in [0.717, 1.165) is 22.7 Å². The first-order chi connectivity index (χ1) is 9.35. The molecule has 2 heterocycles. The van der Waals surface area contributed by atoms with Crippen LogP contribution in [0.3, 0.4) is 0 Å². The second-order valence-corrected chi connectivity index (χ2v) is 6.29. The first kappa shape index (κ1) is 14.9. The third-order valence-electron chi connectivity index (χ3n) is 3.81. The number of carboxylic acids is 1. The number of hydrogen-bond acceptors (Lipinski definition) is 4. The fraction of sp³-hybridized carbons (Fsp3) is 0.615. The Balaban J connectivity index is 2.11. The highest BCUT2D eigenvalue weighted by Crippen LogP contribution is 2.28. The monoisotopic (exact) mass is 297 g/mol. The van der Waals surface area contributed by atoms with Gasteiger partial charge in [-0.05, 0) is 26.0 Å². The number of rotatable bonds is 4. The summed E-state index contributed by atoms with van der Waals surface area (Å²) in [5.74, 6) is -0.0130. The molecule has 6 nitrogen and oxygen atoms in total. The second kappa shape index (κ2) is 5.47. The van der Waals surface area contributed by atoms with Gasteiger partial charge >= 0.3 is 5.97 Å². The zero-order valence-electron chi connectivity index (χ0n) is 11.9. The van der Waals surface area contributed by atoms with Crippen LogP contribution in [-0.4, -0.2) is 43.8 Å². The van der Waals surface area contributed by atoms with Crippen molar-refractivity contribution in [3.63, 3.8) is 0 Å². The Morgan fingerprint density at radius 3 is 2.65 bits per heavy atom. The molecule has 1 amide bonds. The van der Waals surface area contributed by atoms with Gasteiger partial charge in [-0.2, -0.15) is 16.9 Å². The maximum Gasteiger partial charge on any atom is 0.330 e. The van der Waals surface area contributed by atoms with Crippen LogP contribution < -0.4 is 5.32 Å². The predicted molar refractivity (Wildman–Crippen MR) is 76.8 cm³/mol. The Morgan fingerprint density at radius 2 is 2.20 bits per heavy atom. The number of amides is 1. The van der Waals surface area contributed by atoms with Gasteiger partial charge in [0.25, 0.3) is 0 Å². The Labute approximate surface area is 121 Å². The highest BCUT2D eigenvalue weighted by atomic mass is 32.2. The van der Waals surface area contributed by atoms with Gasteiger partial charge in [-0.15, -0.1) is 0 Å². The lowest BCUT2D eigenvalue weighted by atomic mass is 9.98. The highest BCUT2D eigenvalue weighted by Gasteiger charge is 2.43. The van der Waals surface area contributed by atoms with Gasteiger partial charge in [0.05, 0.1) is 12.1 Å². The summed E-state index contributed by atoms with van der Waals surface area (Å²) in [6.07, 6.45) is 0.648. The molecule has 1 aromatic heterocycles. The van der Waals surface area contributed by atoms with E-state index in [1.165, 1.54) is 0 Å². The van der Waals surface area contributed by atoms with E-state index in [-0.39, 0.29) is 12.3 Å². The van der Waals surface area contributed by atoms with Crippen molar-refractivity contribution in [1.82, 2.24) is 15.1 Å². The van der Waals surface area contributed by atoms with Crippen molar-refractivity contribution in [2.75, 3.05) is 11.5 Å². The molecule has 1 aromatic rings. The van der Waals surface area contributed by atoms with Crippen LogP contribution in [0.4, 0.5) is 0 Å². The summed E-state index contributed by atoms with van der Waals surface area (Å²) in [5, 5.41) is 16.3. The van der Waals surface area contributed by atoms with Gasteiger partial charge in [0.2, 0.25) is 5.91 Å². The average Bonchev–Trinajstić information content (AvgIpc) is 2.92. The van der Waals surface area contributed by atoms with Crippen LogP contribution >= 0.6 is 11.8 Å². The average molecular weight is 297 g/mol. The molecule has 0 radical (unpaired) electrons. The largest absolute Gasteiger partial charge is 0.479 e. The van der Waals surface area contributed by atoms with Crippen LogP contribution in [0.1, 0.15) is 23.4 Å². The van der Waals surface area contributed by atoms with Crippen LogP contribution in [0, 0.1) is 13.8 Å². The van der Waals surface area contributed by atoms with Crippen molar-refractivity contribution in [1.29, 1.82) is 0 Å². The number of hydrogen-bond donors (Lipinski definition) is 2. The fourth-order valence-corrected chi connectivity index (χ4v) is 3.76. The third kappa shape index (κ3) is 2.67. The van der Waals surface area contributed by atoms with Crippen LogP contribution in [-0.2, 0) is 23.1 Å². The van der Waals surface area contributed by atoms with Crippen LogP contribution in [0.25, 0.3) is 0 Å². The molecule has 20 heavy (non-hydrogen) atoms. The SMILES string of the molecule is Cc1nn(C)c(C)c1CC(=O)NC1(C(=O)O)CCSC1. The minimum Gasteiger partial charge on any atom is -0.479 e. The van der Waals surface area contributed by atoms with E-state index >= 15 is 0 Å². The molecule has 1 saturated heterocycles. The number of aromatic nitrogens is 2. The normalized spacial score (nSPS) is 21.9. The van der Waals surface area contributed by atoms with E-state index in [1.54, 1.807) is 16.4 Å². The number of thioether (sulfide) groups is 1. The lowest BCUT2D eigenvalue weighted by Crippen LogP contribution is -2.55. The smallest absolute Gasteiger partial charge is 0.330 e. The maximum absolute atomic E-state index is 12.2. The number of aryl methyl sites for hydroxylation is 2. The first-order valence-electron chi connectivity index (χ1n) is 6.47. The lowest BCUT2D eigenvalue weighted by Gasteiger charge is -2.24. The van der Waals surface area contributed by atoms with Crippen LogP contribution in [0.2, 0.25) is 0 Å². The molecular formula is C13H19N3O3S. The van der Waals surface area contributed by atoms with Gasteiger partial charge in [-0.3, -0.25) is 9.48 Å². The van der Waals surface area contributed by atoms with E-state index in [2.05, 4.69) is 10.4 Å². The number of carboxylic acid groups (broad SMARTS) is 1. The summed E-state index contributed by atoms with van der Waals surface area (Å²) in [7, 11) is 1.83. The van der Waals surface area contributed by atoms with Crippen molar-refractivity contribution in [3.05, 3.63) is 17.0 Å². The third-order valence-corrected chi connectivity index (χ3v) is 5.00. The minimum atomic E-state index is -1.11. The summed E-state index contributed by atoms with van der Waals surface area (Å²) in [6, 6.07) is 0. The number of nitrogens with zero attached hydrogens (tertiary/aromatic N) is 2. The Hall–Kier alpha value is -1.50. The van der Waals surface area contributed by atoms with Crippen LogP contribution in [0.5, 0.6) is 0 Å². The molecule has 1 fully saturated rings. The van der Waals surface area contributed by atoms with Gasteiger partial charge in [-0.1, -0.05) is 0 Å². The van der Waals surface area contributed by atoms with E-state index in [1.807, 2.05) is 20.9 Å². The van der Waals surface area contributed by atoms with Gasteiger partial charge in [0.15, 0.2) is 0 Å². The molecule has 110 valence electrons. The molecule has 7 heteroatoms. The maximum atomic E-state index is 12.2. The summed E-state index contributed by atoms with van der Waals surface area (Å²) in [6.45, 7) is 3.76. The van der Waals surface area contributed by atoms with E-state index < -0.39 is 11.5 Å². The lowest BCUT2D eigenvalue weighted by molar-refractivity contribution is -0.146. The summed E-state index contributed by atoms with van der Waals surface area (Å²) < 4.78 is 1.73. The molecule has 2 rings (SSSR count). The Morgan fingerprint density at radius 1 is 1.50 bits per heavy atom. The van der Waals surface area contributed by atoms with Crippen molar-refractivity contribution >= 4 is 23.6 Å². The topological polar surface area (TPSA) is 84.2 Å². The van der Waals surface area contributed by atoms with Gasteiger partial charge < -0.3 is 10.4 Å². The number of carbonyl (C=O) groups excluding carboxylic acids is 1. The number of aliphatic carboxylic acids is 1. The molecule has 0 bridgehead atoms. The summed E-state index contributed by atoms with van der Waals surface area (Å²) in [4.78, 5) is 23.6. The summed E-state index contributed by atoms with van der Waals surface area (Å²) >= 11 is 1.56. The van der Waals surface area contributed by atoms with Crippen LogP contribution in [0.15, 0.2) is 0 Å². The zero-order chi connectivity index (χ0) is 14.9. The second-order valence-electron chi connectivity index (χ2n) is 5.19. The minimum absolute atomic E-state index is 0.172. The predicted octanol–water partition coefficient (Wildman–Crippen LogP) is 0.656. The summed E-state index contributed by atoms with van der Waals surface area (Å²) in [5.41, 5.74) is 1.51. The van der Waals surface area contributed by atoms with Crippen molar-refractivity contribution in [3.8, 4) is 0 Å². The van der Waals surface area contributed by atoms with E-state index in [0.29, 0.717) is 12.2 Å². The number of carbonyl (C=O) groups is 2. The Bertz CT molecular complexity index is 547. The Kier molecular flexibility index (Phi) is 4.08. The first-order valence-corrected chi connectivity index (χ1v) is 7.62.